The van der Waals surface area contributed by atoms with E-state index in [1.165, 1.54) is 11.8 Å². The van der Waals surface area contributed by atoms with E-state index in [1.54, 1.807) is 29.6 Å². The minimum absolute atomic E-state index is 0.984. The average Bonchev–Trinajstić information content (AvgIpc) is 2.11. The van der Waals surface area contributed by atoms with Gasteiger partial charge in [0.05, 0.1) is 0 Å². The molecule has 12 heavy (non-hydrogen) atoms. The maximum atomic E-state index is 4.14. The fourth-order valence-electron chi connectivity index (χ4n) is 0.632. The van der Waals surface area contributed by atoms with Gasteiger partial charge in [0.1, 0.15) is 5.04 Å². The molecule has 0 fully saturated rings. The van der Waals surface area contributed by atoms with E-state index in [4.69, 9.17) is 0 Å². The fourth-order valence-corrected chi connectivity index (χ4v) is 1.93. The molecule has 0 aliphatic rings. The van der Waals surface area contributed by atoms with Crippen molar-refractivity contribution in [3.8, 4) is 0 Å². The maximum absolute atomic E-state index is 4.14. The number of hydrogen-bond donors (Lipinski definition) is 0. The van der Waals surface area contributed by atoms with Gasteiger partial charge < -0.3 is 0 Å². The molecule has 0 amide bonds. The summed E-state index contributed by atoms with van der Waals surface area (Å²) in [6, 6.07) is 0. The summed E-state index contributed by atoms with van der Waals surface area (Å²) in [4.78, 5) is 5.26. The molecule has 0 aromatic carbocycles. The first-order valence-corrected chi connectivity index (χ1v) is 5.24. The average molecular weight is 199 g/mol. The van der Waals surface area contributed by atoms with E-state index < -0.39 is 0 Å². The van der Waals surface area contributed by atoms with Gasteiger partial charge in [-0.05, 0) is 17.7 Å². The van der Waals surface area contributed by atoms with Crippen molar-refractivity contribution in [2.24, 2.45) is 4.99 Å². The summed E-state index contributed by atoms with van der Waals surface area (Å²) in [7, 11) is 1.78. The molecule has 0 unspecified atom stereocenters. The number of nitrogens with zero attached hydrogens (tertiary/aromatic N) is 1. The number of allylic oxidation sites excluding steroid dienone is 1. The zero-order chi connectivity index (χ0) is 9.40. The first kappa shape index (κ1) is 11.6. The van der Waals surface area contributed by atoms with Gasteiger partial charge in [-0.15, -0.1) is 0 Å². The summed E-state index contributed by atoms with van der Waals surface area (Å²) >= 11 is 3.10. The summed E-state index contributed by atoms with van der Waals surface area (Å²) in [5, 5.41) is 4.55. The van der Waals surface area contributed by atoms with E-state index in [9.17, 15) is 0 Å². The third-order valence-electron chi connectivity index (χ3n) is 1.08. The molecule has 0 aliphatic carbocycles. The van der Waals surface area contributed by atoms with Crippen LogP contribution in [0.15, 0.2) is 39.9 Å². The second-order valence-electron chi connectivity index (χ2n) is 1.75. The highest BCUT2D eigenvalue weighted by atomic mass is 32.2. The molecule has 3 heteroatoms. The molecule has 0 atom stereocenters. The molecular weight excluding hydrogens is 186 g/mol. The third-order valence-corrected chi connectivity index (χ3v) is 2.85. The van der Waals surface area contributed by atoms with Crippen LogP contribution in [0.5, 0.6) is 0 Å². The minimum atomic E-state index is 0.984. The van der Waals surface area contributed by atoms with Crippen LogP contribution in [0.2, 0.25) is 0 Å². The molecule has 0 N–H and O–H groups in total. The molecule has 0 rings (SSSR count). The van der Waals surface area contributed by atoms with Crippen molar-refractivity contribution in [2.75, 3.05) is 7.05 Å². The summed E-state index contributed by atoms with van der Waals surface area (Å²) in [6.45, 7) is 9.29. The molecule has 0 heterocycles. The van der Waals surface area contributed by atoms with Crippen LogP contribution in [0.4, 0.5) is 0 Å². The lowest BCUT2D eigenvalue weighted by molar-refractivity contribution is 1.46. The molecule has 0 aromatic rings. The molecule has 0 aliphatic heterocycles. The first-order chi connectivity index (χ1) is 5.79. The molecule has 0 radical (unpaired) electrons. The molecule has 0 saturated heterocycles. The van der Waals surface area contributed by atoms with Gasteiger partial charge in [-0.2, -0.15) is 0 Å². The van der Waals surface area contributed by atoms with Gasteiger partial charge in [0, 0.05) is 12.0 Å². The molecule has 0 saturated carbocycles. The van der Waals surface area contributed by atoms with E-state index >= 15 is 0 Å². The van der Waals surface area contributed by atoms with E-state index in [1.807, 2.05) is 13.0 Å². The third kappa shape index (κ3) is 3.83. The Morgan fingerprint density at radius 2 is 1.83 bits per heavy atom. The topological polar surface area (TPSA) is 12.4 Å². The zero-order valence-electron chi connectivity index (χ0n) is 7.41. The molecule has 0 spiro atoms. The molecule has 66 valence electrons. The molecule has 1 nitrogen and oxygen atoms in total. The summed E-state index contributed by atoms with van der Waals surface area (Å²) < 4.78 is 0. The maximum Gasteiger partial charge on any atom is 0.108 e. The van der Waals surface area contributed by atoms with Gasteiger partial charge in [-0.25, -0.2) is 0 Å². The van der Waals surface area contributed by atoms with Crippen molar-refractivity contribution in [2.45, 2.75) is 6.92 Å². The highest BCUT2D eigenvalue weighted by molar-refractivity contribution is 8.20. The van der Waals surface area contributed by atoms with Crippen LogP contribution in [0, 0.1) is 0 Å². The van der Waals surface area contributed by atoms with Gasteiger partial charge in [0.2, 0.25) is 0 Å². The van der Waals surface area contributed by atoms with Crippen LogP contribution in [0.25, 0.3) is 0 Å². The monoisotopic (exact) mass is 199 g/mol. The Hall–Kier alpha value is -0.410. The van der Waals surface area contributed by atoms with E-state index in [-0.39, 0.29) is 0 Å². The number of thioether (sulfide) groups is 2. The van der Waals surface area contributed by atoms with Gasteiger partial charge in [-0.1, -0.05) is 42.8 Å². The summed E-state index contributed by atoms with van der Waals surface area (Å²) in [5.41, 5.74) is 0. The second kappa shape index (κ2) is 7.25. The number of rotatable bonds is 4. The lowest BCUT2D eigenvalue weighted by atomic mass is 10.5. The summed E-state index contributed by atoms with van der Waals surface area (Å²) in [6.07, 6.45) is 2.02. The van der Waals surface area contributed by atoms with Crippen molar-refractivity contribution in [1.29, 1.82) is 0 Å². The largest absolute Gasteiger partial charge is 0.280 e. The molecule has 0 bridgehead atoms. The highest BCUT2D eigenvalue weighted by Crippen LogP contribution is 2.24. The standard InChI is InChI=1S/C9H13NS2/c1-5-8(11-6-2)9(10-4)12-7-3/h5-7H,2-3H2,1,4H3/b8-5-,10-9?. The minimum Gasteiger partial charge on any atom is -0.280 e. The Morgan fingerprint density at radius 1 is 1.25 bits per heavy atom. The number of aliphatic imine (C=N–C) groups is 1. The van der Waals surface area contributed by atoms with Gasteiger partial charge in [0.25, 0.3) is 0 Å². The SMILES string of the molecule is C=CSC(=NC)/C(=C/C)SC=C. The van der Waals surface area contributed by atoms with E-state index in [0.717, 1.165) is 9.95 Å². The highest BCUT2D eigenvalue weighted by Gasteiger charge is 2.02. The van der Waals surface area contributed by atoms with Gasteiger partial charge in [0.15, 0.2) is 0 Å². The Morgan fingerprint density at radius 3 is 2.17 bits per heavy atom. The number of hydrogen-bond acceptors (Lipinski definition) is 3. The van der Waals surface area contributed by atoms with Crippen molar-refractivity contribution >= 4 is 28.6 Å². The lowest BCUT2D eigenvalue weighted by Crippen LogP contribution is -1.91. The predicted molar refractivity (Wildman–Crippen MR) is 62.7 cm³/mol. The quantitative estimate of drug-likeness (QED) is 0.506. The lowest BCUT2D eigenvalue weighted by Gasteiger charge is -2.03. The van der Waals surface area contributed by atoms with Crippen molar-refractivity contribution in [3.63, 3.8) is 0 Å². The van der Waals surface area contributed by atoms with Crippen LogP contribution in [-0.2, 0) is 0 Å². The van der Waals surface area contributed by atoms with Crippen LogP contribution < -0.4 is 0 Å². The predicted octanol–water partition coefficient (Wildman–Crippen LogP) is 3.67. The van der Waals surface area contributed by atoms with Gasteiger partial charge in [-0.3, -0.25) is 4.99 Å². The zero-order valence-corrected chi connectivity index (χ0v) is 9.04. The fraction of sp³-hybridized carbons (Fsp3) is 0.222. The normalized spacial score (nSPS) is 12.8. The smallest absolute Gasteiger partial charge is 0.108 e. The van der Waals surface area contributed by atoms with Crippen molar-refractivity contribution in [1.82, 2.24) is 0 Å². The van der Waals surface area contributed by atoms with Crippen LogP contribution in [0.3, 0.4) is 0 Å². The molecule has 0 aromatic heterocycles. The van der Waals surface area contributed by atoms with Gasteiger partial charge >= 0.3 is 0 Å². The van der Waals surface area contributed by atoms with Crippen LogP contribution >= 0.6 is 23.5 Å². The Kier molecular flexibility index (Phi) is 7.00. The van der Waals surface area contributed by atoms with E-state index in [0.29, 0.717) is 0 Å². The van der Waals surface area contributed by atoms with E-state index in [2.05, 4.69) is 18.2 Å². The van der Waals surface area contributed by atoms with Crippen molar-refractivity contribution in [3.05, 3.63) is 35.0 Å². The second-order valence-corrected chi connectivity index (χ2v) is 3.72. The molecular formula is C9H13NS2. The summed E-state index contributed by atoms with van der Waals surface area (Å²) in [5.74, 6) is 0. The van der Waals surface area contributed by atoms with Crippen LogP contribution in [-0.4, -0.2) is 12.1 Å². The first-order valence-electron chi connectivity index (χ1n) is 3.48. The van der Waals surface area contributed by atoms with Crippen LogP contribution in [0.1, 0.15) is 6.92 Å². The van der Waals surface area contributed by atoms with Crippen molar-refractivity contribution < 1.29 is 0 Å². The Balaban J connectivity index is 4.46. The Bertz CT molecular complexity index is 193. The Labute approximate surface area is 82.7 Å².